The van der Waals surface area contributed by atoms with Crippen LogP contribution in [0.1, 0.15) is 18.2 Å². The van der Waals surface area contributed by atoms with E-state index in [0.29, 0.717) is 44.6 Å². The molecule has 3 heterocycles. The Labute approximate surface area is 163 Å². The lowest BCUT2D eigenvalue weighted by Crippen LogP contribution is -2.37. The number of morpholine rings is 1. The van der Waals surface area contributed by atoms with E-state index in [9.17, 15) is 12.8 Å². The molecule has 1 aromatic carbocycles. The van der Waals surface area contributed by atoms with Gasteiger partial charge in [0.25, 0.3) is 0 Å². The molecular formula is C18H21FN4O4S. The van der Waals surface area contributed by atoms with E-state index in [-0.39, 0.29) is 23.7 Å². The summed E-state index contributed by atoms with van der Waals surface area (Å²) in [6, 6.07) is 3.69. The van der Waals surface area contributed by atoms with Crippen LogP contribution in [0.2, 0.25) is 0 Å². The van der Waals surface area contributed by atoms with Crippen molar-refractivity contribution in [3.63, 3.8) is 0 Å². The summed E-state index contributed by atoms with van der Waals surface area (Å²) >= 11 is 0. The summed E-state index contributed by atoms with van der Waals surface area (Å²) in [4.78, 5) is 10.8. The molecule has 0 aliphatic carbocycles. The van der Waals surface area contributed by atoms with Crippen molar-refractivity contribution in [1.82, 2.24) is 14.3 Å². The summed E-state index contributed by atoms with van der Waals surface area (Å²) in [6.45, 7) is 4.96. The van der Waals surface area contributed by atoms with Gasteiger partial charge in [0.1, 0.15) is 0 Å². The van der Waals surface area contributed by atoms with Gasteiger partial charge in [0.2, 0.25) is 16.0 Å². The maximum Gasteiger partial charge on any atom is 0.243 e. The Morgan fingerprint density at radius 3 is 2.75 bits per heavy atom. The van der Waals surface area contributed by atoms with E-state index >= 15 is 0 Å². The van der Waals surface area contributed by atoms with Crippen molar-refractivity contribution >= 4 is 16.0 Å². The minimum absolute atomic E-state index is 0.0344. The van der Waals surface area contributed by atoms with Crippen molar-refractivity contribution in [2.24, 2.45) is 0 Å². The monoisotopic (exact) mass is 408 g/mol. The highest BCUT2D eigenvalue weighted by molar-refractivity contribution is 7.89. The Morgan fingerprint density at radius 1 is 1.25 bits per heavy atom. The van der Waals surface area contributed by atoms with Crippen molar-refractivity contribution in [3.8, 4) is 5.75 Å². The van der Waals surface area contributed by atoms with Crippen LogP contribution in [0.15, 0.2) is 29.3 Å². The summed E-state index contributed by atoms with van der Waals surface area (Å²) < 4.78 is 51.8. The van der Waals surface area contributed by atoms with Crippen LogP contribution in [-0.4, -0.2) is 55.6 Å². The van der Waals surface area contributed by atoms with Gasteiger partial charge in [-0.05, 0) is 25.1 Å². The lowest BCUT2D eigenvalue weighted by molar-refractivity contribution is 0.122. The molecule has 0 spiro atoms. The first-order chi connectivity index (χ1) is 13.5. The van der Waals surface area contributed by atoms with Gasteiger partial charge in [-0.1, -0.05) is 0 Å². The maximum atomic E-state index is 14.1. The second-order valence-electron chi connectivity index (χ2n) is 6.54. The highest BCUT2D eigenvalue weighted by Crippen LogP contribution is 2.30. The second kappa shape index (κ2) is 7.61. The number of ether oxygens (including phenoxy) is 2. The molecule has 1 aromatic heterocycles. The van der Waals surface area contributed by atoms with Crippen molar-refractivity contribution in [3.05, 3.63) is 41.5 Å². The van der Waals surface area contributed by atoms with Crippen LogP contribution >= 0.6 is 0 Å². The smallest absolute Gasteiger partial charge is 0.243 e. The number of benzene rings is 1. The minimum Gasteiger partial charge on any atom is -0.491 e. The van der Waals surface area contributed by atoms with Gasteiger partial charge in [0.15, 0.2) is 11.6 Å². The SMILES string of the molecule is CCOc1ccc(S(=O)(=O)N2Cc3cnc(N4CCOCC4)nc3C2)cc1F. The van der Waals surface area contributed by atoms with Crippen LogP contribution < -0.4 is 9.64 Å². The van der Waals surface area contributed by atoms with Gasteiger partial charge in [0.05, 0.1) is 37.0 Å². The predicted octanol–water partition coefficient (Wildman–Crippen LogP) is 1.56. The number of hydrogen-bond donors (Lipinski definition) is 0. The number of halogens is 1. The highest BCUT2D eigenvalue weighted by atomic mass is 32.2. The Kier molecular flexibility index (Phi) is 5.17. The van der Waals surface area contributed by atoms with E-state index in [0.717, 1.165) is 11.6 Å². The summed E-state index contributed by atoms with van der Waals surface area (Å²) in [6.07, 6.45) is 1.67. The molecule has 28 heavy (non-hydrogen) atoms. The van der Waals surface area contributed by atoms with Crippen molar-refractivity contribution in [1.29, 1.82) is 0 Å². The minimum atomic E-state index is -3.86. The molecule has 0 amide bonds. The zero-order valence-electron chi connectivity index (χ0n) is 15.5. The molecule has 4 rings (SSSR count). The van der Waals surface area contributed by atoms with Crippen LogP contribution in [0.4, 0.5) is 10.3 Å². The fourth-order valence-electron chi connectivity index (χ4n) is 3.26. The van der Waals surface area contributed by atoms with E-state index in [1.54, 1.807) is 13.1 Å². The summed E-state index contributed by atoms with van der Waals surface area (Å²) in [5, 5.41) is 0. The first-order valence-electron chi connectivity index (χ1n) is 9.09. The number of anilines is 1. The van der Waals surface area contributed by atoms with Gasteiger partial charge in [-0.15, -0.1) is 0 Å². The van der Waals surface area contributed by atoms with Crippen LogP contribution in [0, 0.1) is 5.82 Å². The molecule has 0 radical (unpaired) electrons. The average Bonchev–Trinajstić information content (AvgIpc) is 3.14. The number of aromatic nitrogens is 2. The second-order valence-corrected chi connectivity index (χ2v) is 8.48. The molecule has 0 unspecified atom stereocenters. The van der Waals surface area contributed by atoms with E-state index in [1.807, 2.05) is 4.90 Å². The number of fused-ring (bicyclic) bond motifs is 1. The van der Waals surface area contributed by atoms with Gasteiger partial charge in [-0.25, -0.2) is 22.8 Å². The van der Waals surface area contributed by atoms with E-state index in [4.69, 9.17) is 9.47 Å². The van der Waals surface area contributed by atoms with Crippen LogP contribution in [0.3, 0.4) is 0 Å². The largest absolute Gasteiger partial charge is 0.491 e. The third-order valence-corrected chi connectivity index (χ3v) is 6.54. The number of nitrogens with zero attached hydrogens (tertiary/aromatic N) is 4. The standard InChI is InChI=1S/C18H21FN4O4S/c1-2-27-17-4-3-14(9-15(17)19)28(24,25)23-11-13-10-20-18(21-16(13)12-23)22-5-7-26-8-6-22/h3-4,9-10H,2,5-8,11-12H2,1H3. The zero-order valence-corrected chi connectivity index (χ0v) is 16.3. The Morgan fingerprint density at radius 2 is 2.04 bits per heavy atom. The quantitative estimate of drug-likeness (QED) is 0.742. The first kappa shape index (κ1) is 19.0. The molecular weight excluding hydrogens is 387 g/mol. The van der Waals surface area contributed by atoms with Gasteiger partial charge >= 0.3 is 0 Å². The van der Waals surface area contributed by atoms with E-state index in [1.165, 1.54) is 16.4 Å². The Bertz CT molecular complexity index is 980. The van der Waals surface area contributed by atoms with Crippen LogP contribution in [-0.2, 0) is 27.8 Å². The van der Waals surface area contributed by atoms with Gasteiger partial charge in [-0.3, -0.25) is 0 Å². The number of hydrogen-bond acceptors (Lipinski definition) is 7. The molecule has 2 aromatic rings. The third-order valence-electron chi connectivity index (χ3n) is 4.75. The average molecular weight is 408 g/mol. The van der Waals surface area contributed by atoms with Gasteiger partial charge in [-0.2, -0.15) is 4.31 Å². The normalized spacial score (nSPS) is 17.6. The molecule has 0 N–H and O–H groups in total. The summed E-state index contributed by atoms with van der Waals surface area (Å²) in [7, 11) is -3.86. The summed E-state index contributed by atoms with van der Waals surface area (Å²) in [5.41, 5.74) is 1.43. The maximum absolute atomic E-state index is 14.1. The lowest BCUT2D eigenvalue weighted by Gasteiger charge is -2.26. The number of sulfonamides is 1. The molecule has 8 nitrogen and oxygen atoms in total. The van der Waals surface area contributed by atoms with Crippen molar-refractivity contribution in [2.45, 2.75) is 24.9 Å². The Balaban J connectivity index is 1.55. The van der Waals surface area contributed by atoms with Crippen molar-refractivity contribution < 1.29 is 22.3 Å². The molecule has 10 heteroatoms. The van der Waals surface area contributed by atoms with Gasteiger partial charge in [0, 0.05) is 31.4 Å². The Hall–Kier alpha value is -2.30. The topological polar surface area (TPSA) is 84.9 Å². The van der Waals surface area contributed by atoms with Gasteiger partial charge < -0.3 is 14.4 Å². The lowest BCUT2D eigenvalue weighted by atomic mass is 10.3. The van der Waals surface area contributed by atoms with Crippen LogP contribution in [0.5, 0.6) is 5.75 Å². The van der Waals surface area contributed by atoms with E-state index in [2.05, 4.69) is 9.97 Å². The first-order valence-corrected chi connectivity index (χ1v) is 10.5. The molecule has 1 saturated heterocycles. The summed E-state index contributed by atoms with van der Waals surface area (Å²) in [5.74, 6) is -0.0883. The molecule has 2 aliphatic heterocycles. The fraction of sp³-hybridized carbons (Fsp3) is 0.444. The molecule has 0 saturated carbocycles. The fourth-order valence-corrected chi connectivity index (χ4v) is 4.65. The molecule has 0 bridgehead atoms. The van der Waals surface area contributed by atoms with Crippen molar-refractivity contribution in [2.75, 3.05) is 37.8 Å². The third kappa shape index (κ3) is 3.54. The molecule has 150 valence electrons. The molecule has 2 aliphatic rings. The zero-order chi connectivity index (χ0) is 19.7. The van der Waals surface area contributed by atoms with Crippen LogP contribution in [0.25, 0.3) is 0 Å². The van der Waals surface area contributed by atoms with E-state index < -0.39 is 15.8 Å². The molecule has 1 fully saturated rings. The molecule has 0 atom stereocenters. The predicted molar refractivity (Wildman–Crippen MR) is 99.1 cm³/mol. The highest BCUT2D eigenvalue weighted by Gasteiger charge is 2.33. The number of rotatable bonds is 5.